The second kappa shape index (κ2) is 5.75. The van der Waals surface area contributed by atoms with Crippen molar-refractivity contribution in [2.75, 3.05) is 24.1 Å². The number of para-hydroxylation sites is 2. The van der Waals surface area contributed by atoms with Crippen LogP contribution in [0.25, 0.3) is 0 Å². The fraction of sp³-hybridized carbons (Fsp3) is 0.250. The van der Waals surface area contributed by atoms with Crippen molar-refractivity contribution < 1.29 is 4.57 Å². The topological polar surface area (TPSA) is 47.9 Å². The number of rotatable bonds is 2. The minimum Gasteiger partial charge on any atom is -0.346 e. The molecule has 2 aromatic rings. The van der Waals surface area contributed by atoms with Gasteiger partial charge in [-0.15, -0.1) is 0 Å². The van der Waals surface area contributed by atoms with Crippen molar-refractivity contribution >= 4 is 25.0 Å². The van der Waals surface area contributed by atoms with Gasteiger partial charge in [0.2, 0.25) is 0 Å². The highest BCUT2D eigenvalue weighted by Gasteiger charge is 2.47. The van der Waals surface area contributed by atoms with Crippen LogP contribution in [0.15, 0.2) is 70.7 Å². The minimum atomic E-state index is -3.09. The van der Waals surface area contributed by atoms with Gasteiger partial charge in [-0.1, -0.05) is 50.2 Å². The number of benzene rings is 2. The van der Waals surface area contributed by atoms with Gasteiger partial charge in [-0.05, 0) is 23.8 Å². The van der Waals surface area contributed by atoms with E-state index in [0.29, 0.717) is 0 Å². The van der Waals surface area contributed by atoms with E-state index in [4.69, 9.17) is 0 Å². The maximum absolute atomic E-state index is 14.0. The second-order valence-electron chi connectivity index (χ2n) is 7.22. The van der Waals surface area contributed by atoms with E-state index in [1.54, 1.807) is 18.0 Å². The van der Waals surface area contributed by atoms with E-state index < -0.39 is 7.44 Å². The van der Waals surface area contributed by atoms with Gasteiger partial charge >= 0.3 is 7.44 Å². The van der Waals surface area contributed by atoms with Gasteiger partial charge < -0.3 is 9.99 Å². The van der Waals surface area contributed by atoms with Crippen LogP contribution >= 0.6 is 7.44 Å². The fourth-order valence-corrected chi connectivity index (χ4v) is 6.12. The van der Waals surface area contributed by atoms with Gasteiger partial charge in [0, 0.05) is 36.6 Å². The third kappa shape index (κ3) is 2.31. The normalized spacial score (nSPS) is 26.3. The van der Waals surface area contributed by atoms with E-state index in [-0.39, 0.29) is 5.41 Å². The molecular weight excluding hydrogens is 343 g/mol. The summed E-state index contributed by atoms with van der Waals surface area (Å²) in [6.45, 7) is 4.35. The predicted octanol–water partition coefficient (Wildman–Crippen LogP) is 4.86. The summed E-state index contributed by atoms with van der Waals surface area (Å²) < 4.78 is 15.6. The van der Waals surface area contributed by atoms with Crippen molar-refractivity contribution in [3.63, 3.8) is 0 Å². The third-order valence-corrected chi connectivity index (χ3v) is 7.70. The molecule has 2 aromatic carbocycles. The number of anilines is 2. The molecule has 5 nitrogen and oxygen atoms in total. The van der Waals surface area contributed by atoms with Crippen molar-refractivity contribution in [3.8, 4) is 0 Å². The fourth-order valence-electron chi connectivity index (χ4n) is 3.92. The summed E-state index contributed by atoms with van der Waals surface area (Å²) in [6, 6.07) is 18.0. The lowest BCUT2D eigenvalue weighted by Gasteiger charge is -2.30. The molecular formula is C20H23N4OP. The first-order chi connectivity index (χ1) is 12.4. The Morgan fingerprint density at radius 3 is 2.35 bits per heavy atom. The SMILES string of the molecule is CN1/C(=C2\C=NN(C)[P@]2(=O)Nc2ccccc2)C(C)(C)c2ccccc21. The van der Waals surface area contributed by atoms with Crippen LogP contribution in [0.1, 0.15) is 19.4 Å². The molecule has 0 aliphatic carbocycles. The van der Waals surface area contributed by atoms with Crippen LogP contribution in [-0.2, 0) is 9.98 Å². The Kier molecular flexibility index (Phi) is 3.74. The highest BCUT2D eigenvalue weighted by atomic mass is 31.2. The molecule has 0 unspecified atom stereocenters. The van der Waals surface area contributed by atoms with Crippen molar-refractivity contribution in [2.24, 2.45) is 5.10 Å². The molecule has 0 saturated carbocycles. The van der Waals surface area contributed by atoms with E-state index in [0.717, 1.165) is 22.4 Å². The van der Waals surface area contributed by atoms with Gasteiger partial charge in [0.15, 0.2) is 0 Å². The summed E-state index contributed by atoms with van der Waals surface area (Å²) in [5, 5.41) is 8.38. The molecule has 6 heteroatoms. The van der Waals surface area contributed by atoms with Crippen molar-refractivity contribution in [3.05, 3.63) is 71.2 Å². The first kappa shape index (κ1) is 16.9. The summed E-state index contributed by atoms with van der Waals surface area (Å²) in [6.07, 6.45) is 1.75. The van der Waals surface area contributed by atoms with Crippen LogP contribution in [0.4, 0.5) is 11.4 Å². The maximum atomic E-state index is 14.0. The number of hydrazone groups is 1. The Morgan fingerprint density at radius 2 is 1.65 bits per heavy atom. The van der Waals surface area contributed by atoms with Gasteiger partial charge in [0.05, 0.1) is 11.5 Å². The quantitative estimate of drug-likeness (QED) is 0.771. The Labute approximate surface area is 154 Å². The summed E-state index contributed by atoms with van der Waals surface area (Å²) in [7, 11) is 0.707. The molecule has 26 heavy (non-hydrogen) atoms. The van der Waals surface area contributed by atoms with E-state index >= 15 is 0 Å². The molecule has 0 aromatic heterocycles. The number of likely N-dealkylation sites (N-methyl/N-ethyl adjacent to an activating group) is 1. The number of nitrogens with one attached hydrogen (secondary N) is 1. The van der Waals surface area contributed by atoms with Crippen molar-refractivity contribution in [2.45, 2.75) is 19.3 Å². The van der Waals surface area contributed by atoms with E-state index in [1.807, 2.05) is 43.4 Å². The molecule has 0 saturated heterocycles. The largest absolute Gasteiger partial charge is 0.346 e. The highest BCUT2D eigenvalue weighted by Crippen LogP contribution is 2.63. The Balaban J connectivity index is 1.88. The standard InChI is InChI=1S/C20H23N4OP/c1-20(2)16-12-8-9-13-17(16)23(3)19(20)18-14-21-24(4)26(18,25)22-15-10-6-5-7-11-15/h5-14H,1-4H3,(H,22,25)/b19-18+/t26-/m1/s1. The molecule has 2 aliphatic heterocycles. The number of allylic oxidation sites excluding steroid dienone is 2. The van der Waals surface area contributed by atoms with Crippen LogP contribution in [0.2, 0.25) is 0 Å². The monoisotopic (exact) mass is 366 g/mol. The predicted molar refractivity (Wildman–Crippen MR) is 109 cm³/mol. The number of fused-ring (bicyclic) bond motifs is 1. The lowest BCUT2D eigenvalue weighted by molar-refractivity contribution is 0.505. The van der Waals surface area contributed by atoms with E-state index in [1.165, 1.54) is 5.56 Å². The van der Waals surface area contributed by atoms with Crippen LogP contribution < -0.4 is 9.99 Å². The van der Waals surface area contributed by atoms with Gasteiger partial charge in [-0.2, -0.15) is 5.10 Å². The molecule has 0 fully saturated rings. The average molecular weight is 366 g/mol. The summed E-state index contributed by atoms with van der Waals surface area (Å²) in [5.74, 6) is 0. The number of hydrogen-bond acceptors (Lipinski definition) is 3. The summed E-state index contributed by atoms with van der Waals surface area (Å²) >= 11 is 0. The Hall–Kier alpha value is -2.52. The zero-order chi connectivity index (χ0) is 18.5. The zero-order valence-corrected chi connectivity index (χ0v) is 16.4. The molecule has 0 bridgehead atoms. The molecule has 1 N–H and O–H groups in total. The van der Waals surface area contributed by atoms with Gasteiger partial charge in [0.1, 0.15) is 0 Å². The Morgan fingerprint density at radius 1 is 1.00 bits per heavy atom. The lowest BCUT2D eigenvalue weighted by Crippen LogP contribution is -2.26. The molecule has 0 amide bonds. The summed E-state index contributed by atoms with van der Waals surface area (Å²) in [5.41, 5.74) is 3.97. The molecule has 2 heterocycles. The van der Waals surface area contributed by atoms with Gasteiger partial charge in [0.25, 0.3) is 0 Å². The summed E-state index contributed by atoms with van der Waals surface area (Å²) in [4.78, 5) is 2.15. The van der Waals surface area contributed by atoms with Crippen LogP contribution in [-0.4, -0.2) is 25.1 Å². The molecule has 1 atom stereocenters. The minimum absolute atomic E-state index is 0.258. The lowest BCUT2D eigenvalue weighted by atomic mass is 9.84. The molecule has 134 valence electrons. The second-order valence-corrected chi connectivity index (χ2v) is 9.66. The third-order valence-electron chi connectivity index (χ3n) is 5.24. The van der Waals surface area contributed by atoms with E-state index in [9.17, 15) is 4.57 Å². The first-order valence-corrected chi connectivity index (χ1v) is 10.3. The zero-order valence-electron chi connectivity index (χ0n) is 15.5. The van der Waals surface area contributed by atoms with Crippen LogP contribution in [0, 0.1) is 0 Å². The van der Waals surface area contributed by atoms with Crippen LogP contribution in [0.5, 0.6) is 0 Å². The van der Waals surface area contributed by atoms with Crippen molar-refractivity contribution in [1.29, 1.82) is 0 Å². The smallest absolute Gasteiger partial charge is 0.308 e. The highest BCUT2D eigenvalue weighted by molar-refractivity contribution is 7.68. The molecule has 0 spiro atoms. The maximum Gasteiger partial charge on any atom is 0.308 e. The number of nitrogens with zero attached hydrogens (tertiary/aromatic N) is 3. The van der Waals surface area contributed by atoms with Crippen LogP contribution in [0.3, 0.4) is 0 Å². The Bertz CT molecular complexity index is 965. The van der Waals surface area contributed by atoms with Gasteiger partial charge in [-0.25, -0.2) is 4.78 Å². The molecule has 2 aliphatic rings. The van der Waals surface area contributed by atoms with E-state index in [2.05, 4.69) is 47.1 Å². The molecule has 4 rings (SSSR count). The van der Waals surface area contributed by atoms with Gasteiger partial charge in [-0.3, -0.25) is 4.57 Å². The average Bonchev–Trinajstić information content (AvgIpc) is 3.01. The molecule has 0 radical (unpaired) electrons. The number of hydrogen-bond donors (Lipinski definition) is 1. The first-order valence-electron chi connectivity index (χ1n) is 8.66. The van der Waals surface area contributed by atoms with Crippen molar-refractivity contribution in [1.82, 2.24) is 4.78 Å².